The van der Waals surface area contributed by atoms with Crippen LogP contribution in [0.25, 0.3) is 0 Å². The Kier molecular flexibility index (Phi) is 2.60. The van der Waals surface area contributed by atoms with Crippen LogP contribution in [0.15, 0.2) is 18.2 Å². The predicted molar refractivity (Wildman–Crippen MR) is 67.4 cm³/mol. The molecule has 0 saturated heterocycles. The highest BCUT2D eigenvalue weighted by Gasteiger charge is 2.24. The molecule has 1 atom stereocenters. The summed E-state index contributed by atoms with van der Waals surface area (Å²) in [6, 6.07) is 7.82. The van der Waals surface area contributed by atoms with E-state index in [-0.39, 0.29) is 0 Å². The van der Waals surface area contributed by atoms with Gasteiger partial charge in [-0.15, -0.1) is 0 Å². The Hall–Kier alpha value is -1.02. The molecule has 2 heteroatoms. The van der Waals surface area contributed by atoms with Crippen LogP contribution < -0.4 is 11.1 Å². The standard InChI is InChI=1S/C14H20N2/c15-14-6-1-3-10-9-12(7-8-13(10)14)16-11-4-2-5-11/h1,3,6,11-12,16H,2,4-5,7-9,15H2. The van der Waals surface area contributed by atoms with Crippen LogP contribution in [-0.2, 0) is 12.8 Å². The fourth-order valence-electron chi connectivity index (χ4n) is 2.89. The number of nitrogen functional groups attached to an aromatic ring is 1. The maximum absolute atomic E-state index is 6.00. The first-order valence-electron chi connectivity index (χ1n) is 6.45. The van der Waals surface area contributed by atoms with E-state index in [9.17, 15) is 0 Å². The van der Waals surface area contributed by atoms with E-state index >= 15 is 0 Å². The van der Waals surface area contributed by atoms with Crippen LogP contribution in [0.4, 0.5) is 5.69 Å². The zero-order valence-electron chi connectivity index (χ0n) is 9.71. The van der Waals surface area contributed by atoms with E-state index in [1.54, 1.807) is 0 Å². The SMILES string of the molecule is Nc1cccc2c1CCC(NC1CCC1)C2. The topological polar surface area (TPSA) is 38.0 Å². The quantitative estimate of drug-likeness (QED) is 0.744. The van der Waals surface area contributed by atoms with Gasteiger partial charge in [0, 0.05) is 17.8 Å². The van der Waals surface area contributed by atoms with Gasteiger partial charge in [0.15, 0.2) is 0 Å². The van der Waals surface area contributed by atoms with Crippen molar-refractivity contribution in [1.82, 2.24) is 5.32 Å². The molecule has 0 aromatic heterocycles. The lowest BCUT2D eigenvalue weighted by atomic mass is 9.85. The van der Waals surface area contributed by atoms with Crippen molar-refractivity contribution in [2.75, 3.05) is 5.73 Å². The molecule has 0 bridgehead atoms. The Bertz CT molecular complexity index is 382. The van der Waals surface area contributed by atoms with E-state index in [4.69, 9.17) is 5.73 Å². The van der Waals surface area contributed by atoms with E-state index in [0.717, 1.165) is 24.6 Å². The lowest BCUT2D eigenvalue weighted by Crippen LogP contribution is -2.44. The van der Waals surface area contributed by atoms with Gasteiger partial charge in [-0.3, -0.25) is 0 Å². The number of nitrogens with one attached hydrogen (secondary N) is 1. The molecule has 1 saturated carbocycles. The summed E-state index contributed by atoms with van der Waals surface area (Å²) in [6.07, 6.45) is 7.72. The first-order chi connectivity index (χ1) is 7.83. The average molecular weight is 216 g/mol. The first kappa shape index (κ1) is 10.2. The number of benzene rings is 1. The molecule has 16 heavy (non-hydrogen) atoms. The van der Waals surface area contributed by atoms with E-state index in [1.807, 2.05) is 6.07 Å². The van der Waals surface area contributed by atoms with E-state index in [2.05, 4.69) is 17.4 Å². The van der Waals surface area contributed by atoms with Crippen LogP contribution >= 0.6 is 0 Å². The van der Waals surface area contributed by atoms with Crippen molar-refractivity contribution in [1.29, 1.82) is 0 Å². The van der Waals surface area contributed by atoms with Crippen LogP contribution in [0, 0.1) is 0 Å². The van der Waals surface area contributed by atoms with Crippen LogP contribution in [0.2, 0.25) is 0 Å². The van der Waals surface area contributed by atoms with Gasteiger partial charge in [0.1, 0.15) is 0 Å². The fraction of sp³-hybridized carbons (Fsp3) is 0.571. The van der Waals surface area contributed by atoms with Gasteiger partial charge in [-0.05, 0) is 49.3 Å². The second-order valence-corrected chi connectivity index (χ2v) is 5.22. The highest BCUT2D eigenvalue weighted by atomic mass is 15.0. The molecule has 3 N–H and O–H groups in total. The molecule has 2 aliphatic carbocycles. The van der Waals surface area contributed by atoms with E-state index < -0.39 is 0 Å². The van der Waals surface area contributed by atoms with Crippen molar-refractivity contribution in [3.05, 3.63) is 29.3 Å². The molecule has 0 heterocycles. The lowest BCUT2D eigenvalue weighted by molar-refractivity contribution is 0.290. The zero-order valence-corrected chi connectivity index (χ0v) is 9.71. The Balaban J connectivity index is 1.70. The third-order valence-corrected chi connectivity index (χ3v) is 4.09. The van der Waals surface area contributed by atoms with Crippen LogP contribution in [0.3, 0.4) is 0 Å². The molecule has 0 spiro atoms. The van der Waals surface area contributed by atoms with Gasteiger partial charge in [0.25, 0.3) is 0 Å². The molecule has 1 unspecified atom stereocenters. The smallest absolute Gasteiger partial charge is 0.0349 e. The monoisotopic (exact) mass is 216 g/mol. The minimum atomic E-state index is 0.680. The molecule has 0 radical (unpaired) electrons. The molecule has 1 fully saturated rings. The average Bonchev–Trinajstić information content (AvgIpc) is 2.24. The zero-order chi connectivity index (χ0) is 11.0. The lowest BCUT2D eigenvalue weighted by Gasteiger charge is -2.34. The summed E-state index contributed by atoms with van der Waals surface area (Å²) in [5, 5.41) is 3.77. The molecule has 0 aliphatic heterocycles. The van der Waals surface area contributed by atoms with E-state index in [0.29, 0.717) is 6.04 Å². The number of fused-ring (bicyclic) bond motifs is 1. The van der Waals surface area contributed by atoms with Crippen LogP contribution in [0.1, 0.15) is 36.8 Å². The first-order valence-corrected chi connectivity index (χ1v) is 6.45. The largest absolute Gasteiger partial charge is 0.398 e. The van der Waals surface area contributed by atoms with Crippen LogP contribution in [-0.4, -0.2) is 12.1 Å². The van der Waals surface area contributed by atoms with Crippen molar-refractivity contribution in [3.63, 3.8) is 0 Å². The molecule has 0 amide bonds. The van der Waals surface area contributed by atoms with Gasteiger partial charge < -0.3 is 11.1 Å². The summed E-state index contributed by atoms with van der Waals surface area (Å²) in [5.41, 5.74) is 9.85. The third kappa shape index (κ3) is 1.82. The summed E-state index contributed by atoms with van der Waals surface area (Å²) in [4.78, 5) is 0. The molecule has 2 nitrogen and oxygen atoms in total. The molecular weight excluding hydrogens is 196 g/mol. The van der Waals surface area contributed by atoms with Crippen molar-refractivity contribution in [2.45, 2.75) is 50.6 Å². The summed E-state index contributed by atoms with van der Waals surface area (Å²) in [6.45, 7) is 0. The minimum absolute atomic E-state index is 0.680. The molecule has 1 aromatic carbocycles. The highest BCUT2D eigenvalue weighted by molar-refractivity contribution is 5.52. The number of rotatable bonds is 2. The van der Waals surface area contributed by atoms with Gasteiger partial charge in [0.2, 0.25) is 0 Å². The Morgan fingerprint density at radius 3 is 2.75 bits per heavy atom. The predicted octanol–water partition coefficient (Wildman–Crippen LogP) is 2.27. The minimum Gasteiger partial charge on any atom is -0.398 e. The summed E-state index contributed by atoms with van der Waals surface area (Å²) < 4.78 is 0. The summed E-state index contributed by atoms with van der Waals surface area (Å²) in [7, 11) is 0. The second-order valence-electron chi connectivity index (χ2n) is 5.22. The highest BCUT2D eigenvalue weighted by Crippen LogP contribution is 2.28. The molecule has 1 aromatic rings. The Labute approximate surface area is 97.2 Å². The van der Waals surface area contributed by atoms with Crippen molar-refractivity contribution in [3.8, 4) is 0 Å². The van der Waals surface area contributed by atoms with Gasteiger partial charge >= 0.3 is 0 Å². The van der Waals surface area contributed by atoms with Crippen molar-refractivity contribution in [2.24, 2.45) is 0 Å². The maximum atomic E-state index is 6.00. The van der Waals surface area contributed by atoms with Gasteiger partial charge in [0.05, 0.1) is 0 Å². The number of hydrogen-bond acceptors (Lipinski definition) is 2. The number of nitrogens with two attached hydrogens (primary N) is 1. The molecule has 86 valence electrons. The van der Waals surface area contributed by atoms with Crippen molar-refractivity contribution < 1.29 is 0 Å². The normalized spacial score (nSPS) is 24.9. The second kappa shape index (κ2) is 4.10. The van der Waals surface area contributed by atoms with Crippen molar-refractivity contribution >= 4 is 5.69 Å². The number of hydrogen-bond donors (Lipinski definition) is 2. The van der Waals surface area contributed by atoms with Gasteiger partial charge in [-0.2, -0.15) is 0 Å². The number of anilines is 1. The molecular formula is C14H20N2. The van der Waals surface area contributed by atoms with E-state index in [1.165, 1.54) is 36.8 Å². The summed E-state index contributed by atoms with van der Waals surface area (Å²) in [5.74, 6) is 0. The molecule has 3 rings (SSSR count). The third-order valence-electron chi connectivity index (χ3n) is 4.09. The van der Waals surface area contributed by atoms with Gasteiger partial charge in [-0.25, -0.2) is 0 Å². The Morgan fingerprint density at radius 1 is 1.12 bits per heavy atom. The van der Waals surface area contributed by atoms with Gasteiger partial charge in [-0.1, -0.05) is 18.6 Å². The molecule has 2 aliphatic rings. The fourth-order valence-corrected chi connectivity index (χ4v) is 2.89. The van der Waals surface area contributed by atoms with Crippen LogP contribution in [0.5, 0.6) is 0 Å². The Morgan fingerprint density at radius 2 is 2.00 bits per heavy atom. The summed E-state index contributed by atoms with van der Waals surface area (Å²) >= 11 is 0. The maximum Gasteiger partial charge on any atom is 0.0349 e.